The molecule has 0 aliphatic heterocycles. The van der Waals surface area contributed by atoms with Crippen molar-refractivity contribution < 1.29 is 0 Å². The van der Waals surface area contributed by atoms with Gasteiger partial charge in [0.2, 0.25) is 0 Å². The number of anilines is 1. The van der Waals surface area contributed by atoms with E-state index in [1.54, 1.807) is 11.3 Å². The summed E-state index contributed by atoms with van der Waals surface area (Å²) in [5, 5.41) is 2.41. The van der Waals surface area contributed by atoms with E-state index in [0.29, 0.717) is 0 Å². The van der Waals surface area contributed by atoms with Crippen molar-refractivity contribution in [2.24, 2.45) is 35.5 Å². The third kappa shape index (κ3) is 8.90. The summed E-state index contributed by atoms with van der Waals surface area (Å²) in [6, 6.07) is 8.44. The van der Waals surface area contributed by atoms with Crippen molar-refractivity contribution in [2.75, 3.05) is 4.23 Å². The maximum Gasteiger partial charge on any atom is 0.150 e. The molecule has 0 aromatic carbocycles. The van der Waals surface area contributed by atoms with Crippen LogP contribution in [-0.2, 0) is 0 Å². The molecular weight excluding hydrogens is 441 g/mol. The average Bonchev–Trinajstić information content (AvgIpc) is 3.03. The highest BCUT2D eigenvalue weighted by atomic mass is 32.1. The minimum Gasteiger partial charge on any atom is -0.408 e. The van der Waals surface area contributed by atoms with Gasteiger partial charge in [-0.1, -0.05) is 83.1 Å². The molecule has 0 amide bonds. The number of hydrogen-bond acceptors (Lipinski definition) is 3. The molecule has 5 heteroatoms. The molecule has 0 unspecified atom stereocenters. The van der Waals surface area contributed by atoms with Crippen molar-refractivity contribution >= 4 is 33.6 Å². The molecule has 0 radical (unpaired) electrons. The minimum absolute atomic E-state index is 0.740. The monoisotopic (exact) mass is 496 g/mol. The molecule has 32 heavy (non-hydrogen) atoms. The molecule has 1 heterocycles. The number of nitrogens with zero attached hydrogens (tertiary/aromatic N) is 2. The summed E-state index contributed by atoms with van der Waals surface area (Å²) >= 11 is 1.81. The predicted octanol–water partition coefficient (Wildman–Crippen LogP) is 9.78. The Morgan fingerprint density at radius 2 is 0.875 bits per heavy atom. The molecular formula is C27H56N2SSi2. The second-order valence-corrected chi connectivity index (χ2v) is 22.6. The van der Waals surface area contributed by atoms with Gasteiger partial charge in [-0.25, -0.2) is 4.98 Å². The van der Waals surface area contributed by atoms with Gasteiger partial charge in [0.1, 0.15) is 22.3 Å². The summed E-state index contributed by atoms with van der Waals surface area (Å²) in [6.45, 7) is 29.6. The smallest absolute Gasteiger partial charge is 0.150 e. The van der Waals surface area contributed by atoms with E-state index in [2.05, 4.69) is 98.2 Å². The van der Waals surface area contributed by atoms with E-state index >= 15 is 0 Å². The van der Waals surface area contributed by atoms with Crippen molar-refractivity contribution in [2.45, 2.75) is 119 Å². The Labute approximate surface area is 208 Å². The zero-order valence-electron chi connectivity index (χ0n) is 23.7. The van der Waals surface area contributed by atoms with Gasteiger partial charge in [-0.3, -0.25) is 0 Å². The van der Waals surface area contributed by atoms with Gasteiger partial charge in [0.15, 0.2) is 0 Å². The maximum absolute atomic E-state index is 5.11. The molecule has 0 aliphatic carbocycles. The van der Waals surface area contributed by atoms with Gasteiger partial charge < -0.3 is 4.23 Å². The first-order valence-electron chi connectivity index (χ1n) is 13.4. The topological polar surface area (TPSA) is 16.1 Å². The molecule has 0 fully saturated rings. The highest BCUT2D eigenvalue weighted by molar-refractivity contribution is 7.09. The van der Waals surface area contributed by atoms with Gasteiger partial charge in [-0.2, -0.15) is 0 Å². The van der Waals surface area contributed by atoms with E-state index in [4.69, 9.17) is 4.98 Å². The van der Waals surface area contributed by atoms with Crippen LogP contribution in [0.1, 0.15) is 83.1 Å². The molecule has 0 saturated carbocycles. The zero-order valence-corrected chi connectivity index (χ0v) is 26.5. The fourth-order valence-corrected chi connectivity index (χ4v) is 25.7. The fourth-order valence-electron chi connectivity index (χ4n) is 6.91. The minimum atomic E-state index is -1.82. The predicted molar refractivity (Wildman–Crippen MR) is 154 cm³/mol. The van der Waals surface area contributed by atoms with Crippen LogP contribution < -0.4 is 4.23 Å². The largest absolute Gasteiger partial charge is 0.408 e. The summed E-state index contributed by atoms with van der Waals surface area (Å²) in [6.07, 6.45) is 0. The van der Waals surface area contributed by atoms with Crippen molar-refractivity contribution in [1.29, 1.82) is 0 Å². The van der Waals surface area contributed by atoms with Crippen LogP contribution in [0.3, 0.4) is 0 Å². The molecule has 1 aromatic heterocycles. The Hall–Kier alpha value is -0.136. The average molecular weight is 497 g/mol. The van der Waals surface area contributed by atoms with Gasteiger partial charge in [0, 0.05) is 5.38 Å². The maximum atomic E-state index is 5.11. The highest BCUT2D eigenvalue weighted by Crippen LogP contribution is 2.46. The third-order valence-corrected chi connectivity index (χ3v) is 21.6. The number of thiazole rings is 1. The molecule has 0 spiro atoms. The Morgan fingerprint density at radius 1 is 0.594 bits per heavy atom. The molecule has 2 nitrogen and oxygen atoms in total. The summed E-state index contributed by atoms with van der Waals surface area (Å²) < 4.78 is 3.22. The summed E-state index contributed by atoms with van der Waals surface area (Å²) in [4.78, 5) is 5.11. The number of rotatable bonds is 15. The molecule has 0 bridgehead atoms. The van der Waals surface area contributed by atoms with Gasteiger partial charge in [-0.15, -0.1) is 11.3 Å². The van der Waals surface area contributed by atoms with Crippen LogP contribution >= 0.6 is 11.3 Å². The number of aromatic nitrogens is 1. The first-order valence-corrected chi connectivity index (χ1v) is 19.5. The second kappa shape index (κ2) is 13.1. The van der Waals surface area contributed by atoms with Crippen LogP contribution in [0.5, 0.6) is 0 Å². The van der Waals surface area contributed by atoms with Crippen LogP contribution in [0.2, 0.25) is 36.3 Å². The highest BCUT2D eigenvalue weighted by Gasteiger charge is 2.53. The van der Waals surface area contributed by atoms with E-state index in [1.807, 2.05) is 0 Å². The lowest BCUT2D eigenvalue weighted by Gasteiger charge is -2.57. The molecule has 0 atom stereocenters. The van der Waals surface area contributed by atoms with Crippen LogP contribution in [-0.4, -0.2) is 21.5 Å². The normalized spacial score (nSPS) is 13.6. The Bertz CT molecular complexity index is 533. The molecule has 0 aliphatic rings. The van der Waals surface area contributed by atoms with Crippen molar-refractivity contribution in [3.63, 3.8) is 0 Å². The molecule has 1 aromatic rings. The second-order valence-electron chi connectivity index (χ2n) is 13.2. The van der Waals surface area contributed by atoms with Crippen molar-refractivity contribution in [3.8, 4) is 0 Å². The van der Waals surface area contributed by atoms with E-state index < -0.39 is 16.5 Å². The van der Waals surface area contributed by atoms with Crippen molar-refractivity contribution in [3.05, 3.63) is 10.9 Å². The summed E-state index contributed by atoms with van der Waals surface area (Å²) in [5.74, 6) is 5.80. The van der Waals surface area contributed by atoms with E-state index in [9.17, 15) is 0 Å². The first-order chi connectivity index (χ1) is 14.7. The van der Waals surface area contributed by atoms with Gasteiger partial charge >= 0.3 is 0 Å². The van der Waals surface area contributed by atoms with Gasteiger partial charge in [-0.05, 0) is 71.8 Å². The van der Waals surface area contributed by atoms with Crippen LogP contribution in [0.15, 0.2) is 10.9 Å². The Kier molecular flexibility index (Phi) is 12.2. The van der Waals surface area contributed by atoms with Gasteiger partial charge in [0.05, 0.1) is 5.51 Å². The quantitative estimate of drug-likeness (QED) is 0.224. The SMILES string of the molecule is CC(C)C[Si](CC(C)C)(CC(C)C)N(c1cscn1)[Si](CC(C)C)(CC(C)C)CC(C)C. The van der Waals surface area contributed by atoms with Crippen LogP contribution in [0.25, 0.3) is 0 Å². The number of hydrogen-bond donors (Lipinski definition) is 0. The molecule has 0 N–H and O–H groups in total. The molecule has 0 saturated heterocycles. The fraction of sp³-hybridized carbons (Fsp3) is 0.889. The first kappa shape index (κ1) is 29.9. The third-order valence-electron chi connectivity index (χ3n) is 6.33. The van der Waals surface area contributed by atoms with Crippen LogP contribution in [0, 0.1) is 35.5 Å². The van der Waals surface area contributed by atoms with Gasteiger partial charge in [0.25, 0.3) is 0 Å². The summed E-state index contributed by atoms with van der Waals surface area (Å²) in [7, 11) is -3.63. The molecule has 188 valence electrons. The lowest BCUT2D eigenvalue weighted by molar-refractivity contribution is 0.622. The summed E-state index contributed by atoms with van der Waals surface area (Å²) in [5.41, 5.74) is 2.10. The van der Waals surface area contributed by atoms with Crippen molar-refractivity contribution in [1.82, 2.24) is 4.98 Å². The van der Waals surface area contributed by atoms with E-state index in [-0.39, 0.29) is 0 Å². The lowest BCUT2D eigenvalue weighted by Crippen LogP contribution is -2.70. The Balaban J connectivity index is 3.96. The van der Waals surface area contributed by atoms with E-state index in [1.165, 1.54) is 42.1 Å². The standard InChI is InChI=1S/C27H56N2SSi2/c1-21(2)14-31(15-22(3)4,16-23(5)6)29(27-13-30-20-28-27)32(17-24(7)8,18-25(9)10)19-26(11)12/h13,20-26H,14-19H2,1-12H3. The lowest BCUT2D eigenvalue weighted by atomic mass is 10.2. The Morgan fingerprint density at radius 3 is 1.06 bits per heavy atom. The zero-order chi connectivity index (χ0) is 24.7. The van der Waals surface area contributed by atoms with Crippen LogP contribution in [0.4, 0.5) is 5.82 Å². The molecule has 1 rings (SSSR count). The van der Waals surface area contributed by atoms with E-state index in [0.717, 1.165) is 35.5 Å².